The summed E-state index contributed by atoms with van der Waals surface area (Å²) in [6, 6.07) is 14.7. The van der Waals surface area contributed by atoms with Crippen molar-refractivity contribution in [3.8, 4) is 23.0 Å². The van der Waals surface area contributed by atoms with Crippen molar-refractivity contribution in [3.63, 3.8) is 0 Å². The van der Waals surface area contributed by atoms with Gasteiger partial charge in [-0.2, -0.15) is 0 Å². The highest BCUT2D eigenvalue weighted by atomic mass is 16.6. The summed E-state index contributed by atoms with van der Waals surface area (Å²) in [4.78, 5) is 11.1. The number of carbonyl (C=O) groups is 1. The molecular weight excluding hydrogens is 298 g/mol. The number of hydrogen-bond acceptors (Lipinski definition) is 5. The Morgan fingerprint density at radius 1 is 1.22 bits per heavy atom. The Hall–Kier alpha value is -2.73. The number of amides is 1. The van der Waals surface area contributed by atoms with Crippen LogP contribution in [0.1, 0.15) is 6.92 Å². The molecule has 0 saturated heterocycles. The molecule has 1 aliphatic heterocycles. The van der Waals surface area contributed by atoms with Gasteiger partial charge in [-0.3, -0.25) is 10.0 Å². The van der Waals surface area contributed by atoms with Gasteiger partial charge in [0.15, 0.2) is 17.6 Å². The van der Waals surface area contributed by atoms with Gasteiger partial charge in [0.25, 0.3) is 0 Å². The molecular formula is C17H17NO5. The molecule has 1 aliphatic rings. The average Bonchev–Trinajstić information content (AvgIpc) is 2.55. The highest BCUT2D eigenvalue weighted by molar-refractivity contribution is 5.71. The van der Waals surface area contributed by atoms with E-state index in [1.165, 1.54) is 6.92 Å². The van der Waals surface area contributed by atoms with Crippen molar-refractivity contribution in [1.29, 1.82) is 0 Å². The van der Waals surface area contributed by atoms with Crippen LogP contribution in [0.3, 0.4) is 0 Å². The van der Waals surface area contributed by atoms with Crippen LogP contribution >= 0.6 is 0 Å². The van der Waals surface area contributed by atoms with E-state index in [-0.39, 0.29) is 13.2 Å². The van der Waals surface area contributed by atoms with Crippen molar-refractivity contribution in [3.05, 3.63) is 48.5 Å². The quantitative estimate of drug-likeness (QED) is 0.694. The van der Waals surface area contributed by atoms with Crippen LogP contribution in [-0.4, -0.2) is 35.4 Å². The molecule has 1 atom stereocenters. The lowest BCUT2D eigenvalue weighted by atomic mass is 10.2. The summed E-state index contributed by atoms with van der Waals surface area (Å²) in [5.41, 5.74) is 0. The molecule has 23 heavy (non-hydrogen) atoms. The van der Waals surface area contributed by atoms with E-state index in [0.29, 0.717) is 22.3 Å². The van der Waals surface area contributed by atoms with Gasteiger partial charge in [-0.1, -0.05) is 18.2 Å². The largest absolute Gasteiger partial charge is 0.486 e. The van der Waals surface area contributed by atoms with Crippen molar-refractivity contribution in [1.82, 2.24) is 5.06 Å². The van der Waals surface area contributed by atoms with E-state index in [0.717, 1.165) is 5.75 Å². The Labute approximate surface area is 133 Å². The molecule has 1 unspecified atom stereocenters. The van der Waals surface area contributed by atoms with Crippen molar-refractivity contribution >= 4 is 5.91 Å². The van der Waals surface area contributed by atoms with E-state index >= 15 is 0 Å². The van der Waals surface area contributed by atoms with Gasteiger partial charge in [-0.25, -0.2) is 5.06 Å². The van der Waals surface area contributed by atoms with Gasteiger partial charge >= 0.3 is 0 Å². The number of benzene rings is 2. The topological polar surface area (TPSA) is 68.2 Å². The third kappa shape index (κ3) is 3.73. The lowest BCUT2D eigenvalue weighted by Crippen LogP contribution is -2.41. The standard InChI is InChI=1S/C17H17NO5/c1-12(19)18(20)10-15-11-21-16-8-7-14(9-17(16)23-15)22-13-5-3-2-4-6-13/h2-9,15,20H,10-11H2,1H3. The fraction of sp³-hybridized carbons (Fsp3) is 0.235. The van der Waals surface area contributed by atoms with Gasteiger partial charge in [0.2, 0.25) is 5.91 Å². The monoisotopic (exact) mass is 315 g/mol. The first-order chi connectivity index (χ1) is 11.1. The number of ether oxygens (including phenoxy) is 3. The Morgan fingerprint density at radius 3 is 2.74 bits per heavy atom. The van der Waals surface area contributed by atoms with Crippen LogP contribution in [0.4, 0.5) is 0 Å². The maximum Gasteiger partial charge on any atom is 0.242 e. The first-order valence-electron chi connectivity index (χ1n) is 7.25. The van der Waals surface area contributed by atoms with Crippen LogP contribution in [0.15, 0.2) is 48.5 Å². The smallest absolute Gasteiger partial charge is 0.242 e. The number of hydroxylamine groups is 2. The number of para-hydroxylation sites is 1. The second kappa shape index (κ2) is 6.58. The van der Waals surface area contributed by atoms with Crippen molar-refractivity contribution < 1.29 is 24.2 Å². The minimum absolute atomic E-state index is 0.0402. The van der Waals surface area contributed by atoms with E-state index in [4.69, 9.17) is 14.2 Å². The Kier molecular flexibility index (Phi) is 4.34. The van der Waals surface area contributed by atoms with Gasteiger partial charge in [0.1, 0.15) is 18.1 Å². The zero-order valence-corrected chi connectivity index (χ0v) is 12.6. The molecule has 2 aromatic carbocycles. The zero-order chi connectivity index (χ0) is 16.2. The van der Waals surface area contributed by atoms with Crippen LogP contribution in [0.25, 0.3) is 0 Å². The molecule has 1 heterocycles. The van der Waals surface area contributed by atoms with E-state index in [1.54, 1.807) is 18.2 Å². The first-order valence-corrected chi connectivity index (χ1v) is 7.25. The number of hydrogen-bond donors (Lipinski definition) is 1. The SMILES string of the molecule is CC(=O)N(O)CC1COc2ccc(Oc3ccccc3)cc2O1. The minimum Gasteiger partial charge on any atom is -0.486 e. The highest BCUT2D eigenvalue weighted by Gasteiger charge is 2.24. The average molecular weight is 315 g/mol. The van der Waals surface area contributed by atoms with E-state index < -0.39 is 12.0 Å². The number of fused-ring (bicyclic) bond motifs is 1. The summed E-state index contributed by atoms with van der Waals surface area (Å²) in [6.45, 7) is 1.58. The van der Waals surface area contributed by atoms with Crippen LogP contribution < -0.4 is 14.2 Å². The van der Waals surface area contributed by atoms with Gasteiger partial charge in [0.05, 0.1) is 6.54 Å². The van der Waals surface area contributed by atoms with E-state index in [9.17, 15) is 10.0 Å². The third-order valence-electron chi connectivity index (χ3n) is 3.35. The third-order valence-corrected chi connectivity index (χ3v) is 3.35. The predicted molar refractivity (Wildman–Crippen MR) is 82.0 cm³/mol. The lowest BCUT2D eigenvalue weighted by Gasteiger charge is -2.28. The number of nitrogens with zero attached hydrogens (tertiary/aromatic N) is 1. The second-order valence-corrected chi connectivity index (χ2v) is 5.18. The summed E-state index contributed by atoms with van der Waals surface area (Å²) in [5.74, 6) is 2.02. The molecule has 6 nitrogen and oxygen atoms in total. The van der Waals surface area contributed by atoms with Gasteiger partial charge in [-0.05, 0) is 24.3 Å². The molecule has 0 saturated carbocycles. The fourth-order valence-electron chi connectivity index (χ4n) is 2.20. The van der Waals surface area contributed by atoms with Crippen LogP contribution in [0, 0.1) is 0 Å². The van der Waals surface area contributed by atoms with Crippen molar-refractivity contribution in [2.24, 2.45) is 0 Å². The molecule has 0 bridgehead atoms. The van der Waals surface area contributed by atoms with E-state index in [2.05, 4.69) is 0 Å². The molecule has 1 amide bonds. The zero-order valence-electron chi connectivity index (χ0n) is 12.6. The molecule has 6 heteroatoms. The van der Waals surface area contributed by atoms with Crippen molar-refractivity contribution in [2.45, 2.75) is 13.0 Å². The maximum atomic E-state index is 11.1. The lowest BCUT2D eigenvalue weighted by molar-refractivity contribution is -0.168. The van der Waals surface area contributed by atoms with Gasteiger partial charge in [-0.15, -0.1) is 0 Å². The number of carbonyl (C=O) groups excluding carboxylic acids is 1. The molecule has 0 aromatic heterocycles. The van der Waals surface area contributed by atoms with Crippen LogP contribution in [0.2, 0.25) is 0 Å². The van der Waals surface area contributed by atoms with E-state index in [1.807, 2.05) is 30.3 Å². The maximum absolute atomic E-state index is 11.1. The normalized spacial score (nSPS) is 15.8. The van der Waals surface area contributed by atoms with Gasteiger partial charge in [0, 0.05) is 13.0 Å². The Balaban J connectivity index is 1.71. The second-order valence-electron chi connectivity index (χ2n) is 5.18. The molecule has 1 N–H and O–H groups in total. The van der Waals surface area contributed by atoms with Crippen molar-refractivity contribution in [2.75, 3.05) is 13.2 Å². The minimum atomic E-state index is -0.444. The van der Waals surface area contributed by atoms with Crippen LogP contribution in [0.5, 0.6) is 23.0 Å². The fourth-order valence-corrected chi connectivity index (χ4v) is 2.20. The molecule has 2 aromatic rings. The first kappa shape index (κ1) is 15.2. The molecule has 120 valence electrons. The Bertz CT molecular complexity index is 689. The molecule has 0 radical (unpaired) electrons. The predicted octanol–water partition coefficient (Wildman–Crippen LogP) is 2.86. The molecule has 0 aliphatic carbocycles. The van der Waals surface area contributed by atoms with Gasteiger partial charge < -0.3 is 14.2 Å². The summed E-state index contributed by atoms with van der Waals surface area (Å²) in [6.07, 6.45) is -0.441. The summed E-state index contributed by atoms with van der Waals surface area (Å²) in [5, 5.41) is 10.1. The summed E-state index contributed by atoms with van der Waals surface area (Å²) >= 11 is 0. The molecule has 3 rings (SSSR count). The number of rotatable bonds is 4. The molecule has 0 fully saturated rings. The summed E-state index contributed by atoms with van der Waals surface area (Å²) in [7, 11) is 0. The Morgan fingerprint density at radius 2 is 2.00 bits per heavy atom. The highest BCUT2D eigenvalue weighted by Crippen LogP contribution is 2.36. The summed E-state index contributed by atoms with van der Waals surface area (Å²) < 4.78 is 17.1. The van der Waals surface area contributed by atoms with Crippen LogP contribution in [-0.2, 0) is 4.79 Å². The molecule has 0 spiro atoms.